The Balaban J connectivity index is 2.31. The van der Waals surface area contributed by atoms with Crippen LogP contribution in [0.5, 0.6) is 0 Å². The van der Waals surface area contributed by atoms with E-state index in [0.29, 0.717) is 6.04 Å². The molecule has 1 N–H and O–H groups in total. The van der Waals surface area contributed by atoms with Crippen LogP contribution in [0.15, 0.2) is 0 Å². The Labute approximate surface area is 60.7 Å². The Morgan fingerprint density at radius 1 is 1.80 bits per heavy atom. The van der Waals surface area contributed by atoms with E-state index in [9.17, 15) is 4.79 Å². The first kappa shape index (κ1) is 7.54. The molecule has 1 rings (SSSR count). The molecule has 1 aliphatic rings. The van der Waals surface area contributed by atoms with Crippen molar-refractivity contribution in [1.29, 1.82) is 0 Å². The lowest BCUT2D eigenvalue weighted by Crippen LogP contribution is -2.49. The Morgan fingerprint density at radius 2 is 2.40 bits per heavy atom. The van der Waals surface area contributed by atoms with Crippen LogP contribution < -0.4 is 5.32 Å². The zero-order chi connectivity index (χ0) is 7.56. The van der Waals surface area contributed by atoms with Gasteiger partial charge >= 0.3 is 5.97 Å². The van der Waals surface area contributed by atoms with Gasteiger partial charge in [0.1, 0.15) is 0 Å². The van der Waals surface area contributed by atoms with Crippen LogP contribution in [0.1, 0.15) is 13.3 Å². The molecule has 0 amide bonds. The summed E-state index contributed by atoms with van der Waals surface area (Å²) < 4.78 is 4.59. The summed E-state index contributed by atoms with van der Waals surface area (Å²) in [5.41, 5.74) is 0. The molecule has 0 radical (unpaired) electrons. The number of rotatable bonds is 2. The van der Waals surface area contributed by atoms with E-state index in [1.165, 1.54) is 7.11 Å². The highest BCUT2D eigenvalue weighted by molar-refractivity contribution is 5.72. The number of nitrogens with one attached hydrogen (secondary N) is 1. The highest BCUT2D eigenvalue weighted by Gasteiger charge is 2.28. The number of esters is 1. The minimum absolute atomic E-state index is 0.0127. The third-order valence-corrected chi connectivity index (χ3v) is 2.04. The summed E-state index contributed by atoms with van der Waals surface area (Å²) in [6.45, 7) is 2.93. The Morgan fingerprint density at radius 3 is 2.70 bits per heavy atom. The number of hydrogen-bond acceptors (Lipinski definition) is 3. The van der Waals surface area contributed by atoms with Crippen LogP contribution in [0, 0.1) is 5.92 Å². The van der Waals surface area contributed by atoms with E-state index >= 15 is 0 Å². The van der Waals surface area contributed by atoms with Crippen LogP contribution in [-0.4, -0.2) is 25.7 Å². The van der Waals surface area contributed by atoms with Gasteiger partial charge in [0.2, 0.25) is 0 Å². The van der Waals surface area contributed by atoms with Crippen LogP contribution in [0.2, 0.25) is 0 Å². The van der Waals surface area contributed by atoms with Crippen molar-refractivity contribution in [2.24, 2.45) is 5.92 Å². The molecule has 2 atom stereocenters. The van der Waals surface area contributed by atoms with E-state index in [1.54, 1.807) is 0 Å². The van der Waals surface area contributed by atoms with Crippen molar-refractivity contribution in [3.63, 3.8) is 0 Å². The maximum atomic E-state index is 10.9. The van der Waals surface area contributed by atoms with E-state index in [2.05, 4.69) is 10.1 Å². The maximum Gasteiger partial charge on any atom is 0.309 e. The average molecular weight is 143 g/mol. The van der Waals surface area contributed by atoms with E-state index in [4.69, 9.17) is 0 Å². The number of carbonyl (C=O) groups excluding carboxylic acids is 1. The van der Waals surface area contributed by atoms with Crippen LogP contribution in [-0.2, 0) is 9.53 Å². The normalized spacial score (nSPS) is 26.8. The Kier molecular flexibility index (Phi) is 2.27. The third-order valence-electron chi connectivity index (χ3n) is 2.04. The summed E-state index contributed by atoms with van der Waals surface area (Å²) in [6, 6.07) is 0.354. The van der Waals surface area contributed by atoms with Crippen molar-refractivity contribution in [3.05, 3.63) is 0 Å². The summed E-state index contributed by atoms with van der Waals surface area (Å²) in [5, 5.41) is 3.16. The molecule has 10 heavy (non-hydrogen) atoms. The van der Waals surface area contributed by atoms with Gasteiger partial charge in [-0.1, -0.05) is 6.92 Å². The molecular weight excluding hydrogens is 130 g/mol. The molecule has 0 aromatic rings. The quantitative estimate of drug-likeness (QED) is 0.559. The van der Waals surface area contributed by atoms with Crippen LogP contribution in [0.4, 0.5) is 0 Å². The smallest absolute Gasteiger partial charge is 0.309 e. The molecule has 0 aromatic heterocycles. The summed E-state index contributed by atoms with van der Waals surface area (Å²) in [4.78, 5) is 10.9. The van der Waals surface area contributed by atoms with Gasteiger partial charge in [0, 0.05) is 6.04 Å². The molecule has 1 fully saturated rings. The molecule has 1 saturated heterocycles. The zero-order valence-electron chi connectivity index (χ0n) is 6.39. The molecule has 3 heteroatoms. The molecule has 0 aromatic carbocycles. The third kappa shape index (κ3) is 1.29. The summed E-state index contributed by atoms with van der Waals surface area (Å²) in [6.07, 6.45) is 1.09. The molecule has 0 bridgehead atoms. The maximum absolute atomic E-state index is 10.9. The largest absolute Gasteiger partial charge is 0.469 e. The fraction of sp³-hybridized carbons (Fsp3) is 0.857. The number of hydrogen-bond donors (Lipinski definition) is 1. The van der Waals surface area contributed by atoms with Crippen LogP contribution >= 0.6 is 0 Å². The van der Waals surface area contributed by atoms with Crippen molar-refractivity contribution in [1.82, 2.24) is 5.32 Å². The lowest BCUT2D eigenvalue weighted by Gasteiger charge is -2.31. The molecule has 1 aliphatic heterocycles. The standard InChI is InChI=1S/C7H13NO2/c1-5(7(9)10-2)6-3-4-8-6/h5-6,8H,3-4H2,1-2H3. The van der Waals surface area contributed by atoms with Crippen LogP contribution in [0.25, 0.3) is 0 Å². The summed E-state index contributed by atoms with van der Waals surface area (Å²) in [7, 11) is 1.43. The zero-order valence-corrected chi connectivity index (χ0v) is 6.39. The van der Waals surface area contributed by atoms with E-state index in [-0.39, 0.29) is 11.9 Å². The van der Waals surface area contributed by atoms with Gasteiger partial charge in [-0.15, -0.1) is 0 Å². The van der Waals surface area contributed by atoms with Crippen molar-refractivity contribution < 1.29 is 9.53 Å². The van der Waals surface area contributed by atoms with Gasteiger partial charge < -0.3 is 10.1 Å². The minimum atomic E-state index is -0.114. The number of methoxy groups -OCH3 is 1. The van der Waals surface area contributed by atoms with Gasteiger partial charge in [0.15, 0.2) is 0 Å². The molecule has 2 unspecified atom stereocenters. The summed E-state index contributed by atoms with van der Waals surface area (Å²) >= 11 is 0. The Hall–Kier alpha value is -0.570. The first-order chi connectivity index (χ1) is 4.75. The SMILES string of the molecule is COC(=O)C(C)C1CCN1. The van der Waals surface area contributed by atoms with Crippen molar-refractivity contribution in [2.75, 3.05) is 13.7 Å². The first-order valence-electron chi connectivity index (χ1n) is 3.57. The summed E-state index contributed by atoms with van der Waals surface area (Å²) in [5.74, 6) is -0.101. The van der Waals surface area contributed by atoms with Gasteiger partial charge in [0.05, 0.1) is 13.0 Å². The topological polar surface area (TPSA) is 38.3 Å². The fourth-order valence-corrected chi connectivity index (χ4v) is 1.09. The van der Waals surface area contributed by atoms with Gasteiger partial charge in [0.25, 0.3) is 0 Å². The highest BCUT2D eigenvalue weighted by Crippen LogP contribution is 2.14. The monoisotopic (exact) mass is 143 g/mol. The fourth-order valence-electron chi connectivity index (χ4n) is 1.09. The minimum Gasteiger partial charge on any atom is -0.469 e. The molecule has 0 saturated carbocycles. The second-order valence-electron chi connectivity index (χ2n) is 2.66. The molecule has 0 aliphatic carbocycles. The molecular formula is C7H13NO2. The second-order valence-corrected chi connectivity index (χ2v) is 2.66. The number of ether oxygens (including phenoxy) is 1. The lowest BCUT2D eigenvalue weighted by molar-refractivity contribution is -0.146. The molecule has 0 spiro atoms. The van der Waals surface area contributed by atoms with Gasteiger partial charge in [-0.05, 0) is 13.0 Å². The molecule has 58 valence electrons. The molecule has 1 heterocycles. The Bertz CT molecular complexity index is 132. The van der Waals surface area contributed by atoms with Crippen molar-refractivity contribution >= 4 is 5.97 Å². The number of carbonyl (C=O) groups is 1. The first-order valence-corrected chi connectivity index (χ1v) is 3.57. The lowest BCUT2D eigenvalue weighted by atomic mass is 9.94. The van der Waals surface area contributed by atoms with Gasteiger partial charge in [-0.2, -0.15) is 0 Å². The van der Waals surface area contributed by atoms with Crippen molar-refractivity contribution in [3.8, 4) is 0 Å². The van der Waals surface area contributed by atoms with Gasteiger partial charge in [-0.3, -0.25) is 4.79 Å². The highest BCUT2D eigenvalue weighted by atomic mass is 16.5. The predicted octanol–water partition coefficient (Wildman–Crippen LogP) is 0.157. The van der Waals surface area contributed by atoms with E-state index < -0.39 is 0 Å². The predicted molar refractivity (Wildman–Crippen MR) is 37.6 cm³/mol. The average Bonchev–Trinajstić information content (AvgIpc) is 1.82. The molecule has 3 nitrogen and oxygen atoms in total. The van der Waals surface area contributed by atoms with Crippen molar-refractivity contribution in [2.45, 2.75) is 19.4 Å². The van der Waals surface area contributed by atoms with E-state index in [1.807, 2.05) is 6.92 Å². The second kappa shape index (κ2) is 3.01. The van der Waals surface area contributed by atoms with Gasteiger partial charge in [-0.25, -0.2) is 0 Å². The van der Waals surface area contributed by atoms with Crippen LogP contribution in [0.3, 0.4) is 0 Å². The van der Waals surface area contributed by atoms with E-state index in [0.717, 1.165) is 13.0 Å².